The van der Waals surface area contributed by atoms with E-state index in [4.69, 9.17) is 9.15 Å². The third kappa shape index (κ3) is 3.80. The molecule has 136 valence electrons. The highest BCUT2D eigenvalue weighted by molar-refractivity contribution is 5.56. The number of aryl methyl sites for hydroxylation is 1. The van der Waals surface area contributed by atoms with Crippen LogP contribution in [0.1, 0.15) is 42.6 Å². The van der Waals surface area contributed by atoms with E-state index >= 15 is 0 Å². The van der Waals surface area contributed by atoms with E-state index in [9.17, 15) is 0 Å². The van der Waals surface area contributed by atoms with E-state index in [1.807, 2.05) is 31.3 Å². The quantitative estimate of drug-likeness (QED) is 0.672. The van der Waals surface area contributed by atoms with Gasteiger partial charge in [0.25, 0.3) is 0 Å². The molecule has 6 heteroatoms. The summed E-state index contributed by atoms with van der Waals surface area (Å²) in [5.41, 5.74) is 3.07. The molecule has 3 aromatic rings. The van der Waals surface area contributed by atoms with Gasteiger partial charge in [-0.05, 0) is 50.8 Å². The zero-order valence-corrected chi connectivity index (χ0v) is 15.0. The lowest BCUT2D eigenvalue weighted by Gasteiger charge is -2.15. The molecule has 0 aromatic carbocycles. The molecular formula is C20H24N4O2. The highest BCUT2D eigenvalue weighted by Gasteiger charge is 2.18. The average molecular weight is 352 g/mol. The fourth-order valence-electron chi connectivity index (χ4n) is 3.39. The monoisotopic (exact) mass is 352 g/mol. The molecule has 4 rings (SSSR count). The second-order valence-corrected chi connectivity index (χ2v) is 6.78. The molecule has 3 aromatic heterocycles. The van der Waals surface area contributed by atoms with Gasteiger partial charge in [-0.25, -0.2) is 4.98 Å². The second kappa shape index (κ2) is 7.74. The summed E-state index contributed by atoms with van der Waals surface area (Å²) in [6, 6.07) is 7.93. The normalized spacial score (nSPS) is 14.8. The molecule has 0 aliphatic heterocycles. The zero-order valence-electron chi connectivity index (χ0n) is 15.0. The summed E-state index contributed by atoms with van der Waals surface area (Å²) >= 11 is 0. The van der Waals surface area contributed by atoms with Gasteiger partial charge in [-0.15, -0.1) is 0 Å². The summed E-state index contributed by atoms with van der Waals surface area (Å²) in [7, 11) is 0. The van der Waals surface area contributed by atoms with Crippen molar-refractivity contribution in [1.82, 2.24) is 20.5 Å². The fourth-order valence-corrected chi connectivity index (χ4v) is 3.39. The molecule has 0 amide bonds. The van der Waals surface area contributed by atoms with E-state index in [1.54, 1.807) is 6.20 Å². The molecule has 2 N–H and O–H groups in total. The van der Waals surface area contributed by atoms with Crippen LogP contribution < -0.4 is 10.1 Å². The Labute approximate surface area is 153 Å². The second-order valence-electron chi connectivity index (χ2n) is 6.78. The van der Waals surface area contributed by atoms with Crippen LogP contribution in [0.2, 0.25) is 0 Å². The highest BCUT2D eigenvalue weighted by atomic mass is 16.5. The first kappa shape index (κ1) is 16.8. The minimum absolute atomic E-state index is 0.311. The number of ether oxygens (including phenoxy) is 1. The van der Waals surface area contributed by atoms with E-state index in [0.717, 1.165) is 47.1 Å². The van der Waals surface area contributed by atoms with Crippen molar-refractivity contribution in [1.29, 1.82) is 0 Å². The number of pyridine rings is 1. The van der Waals surface area contributed by atoms with Gasteiger partial charge in [-0.2, -0.15) is 5.10 Å². The van der Waals surface area contributed by atoms with Crippen molar-refractivity contribution in [2.24, 2.45) is 0 Å². The van der Waals surface area contributed by atoms with Crippen LogP contribution in [0.15, 0.2) is 41.1 Å². The Morgan fingerprint density at radius 1 is 1.19 bits per heavy atom. The predicted octanol–water partition coefficient (Wildman–Crippen LogP) is 3.98. The summed E-state index contributed by atoms with van der Waals surface area (Å²) in [5, 5.41) is 10.6. The van der Waals surface area contributed by atoms with E-state index in [-0.39, 0.29) is 0 Å². The molecule has 1 aliphatic rings. The summed E-state index contributed by atoms with van der Waals surface area (Å²) < 4.78 is 11.8. The molecule has 6 nitrogen and oxygen atoms in total. The van der Waals surface area contributed by atoms with E-state index in [2.05, 4.69) is 26.6 Å². The topological polar surface area (TPSA) is 76.0 Å². The van der Waals surface area contributed by atoms with E-state index in [1.165, 1.54) is 12.8 Å². The van der Waals surface area contributed by atoms with Crippen LogP contribution in [0.4, 0.5) is 0 Å². The van der Waals surface area contributed by atoms with Crippen molar-refractivity contribution in [2.75, 3.05) is 0 Å². The van der Waals surface area contributed by atoms with Crippen molar-refractivity contribution >= 4 is 0 Å². The number of nitrogens with zero attached hydrogens (tertiary/aromatic N) is 2. The van der Waals surface area contributed by atoms with Gasteiger partial charge in [0.1, 0.15) is 17.6 Å². The number of hydrogen-bond acceptors (Lipinski definition) is 5. The minimum atomic E-state index is 0.311. The fraction of sp³-hybridized carbons (Fsp3) is 0.400. The number of hydrogen-bond donors (Lipinski definition) is 2. The molecular weight excluding hydrogens is 328 g/mol. The molecule has 0 saturated heterocycles. The van der Waals surface area contributed by atoms with E-state index in [0.29, 0.717) is 19.2 Å². The first-order valence-electron chi connectivity index (χ1n) is 9.20. The van der Waals surface area contributed by atoms with Crippen molar-refractivity contribution in [3.63, 3.8) is 0 Å². The molecule has 3 heterocycles. The van der Waals surface area contributed by atoms with Gasteiger partial charge in [0.05, 0.1) is 6.20 Å². The number of furan rings is 1. The van der Waals surface area contributed by atoms with Crippen LogP contribution in [0.25, 0.3) is 11.5 Å². The van der Waals surface area contributed by atoms with Gasteiger partial charge in [0.15, 0.2) is 5.76 Å². The van der Waals surface area contributed by atoms with Crippen LogP contribution in [0.5, 0.6) is 5.88 Å². The zero-order chi connectivity index (χ0) is 17.8. The molecule has 1 fully saturated rings. The maximum absolute atomic E-state index is 6.11. The van der Waals surface area contributed by atoms with E-state index < -0.39 is 0 Å². The smallest absolute Gasteiger partial charge is 0.218 e. The lowest BCUT2D eigenvalue weighted by atomic mass is 10.2. The van der Waals surface area contributed by atoms with Crippen molar-refractivity contribution in [2.45, 2.75) is 51.8 Å². The number of nitrogens with one attached hydrogen (secondary N) is 2. The lowest BCUT2D eigenvalue weighted by Crippen LogP contribution is -2.17. The summed E-state index contributed by atoms with van der Waals surface area (Å²) in [5.74, 6) is 2.45. The Bertz CT molecular complexity index is 849. The molecule has 1 saturated carbocycles. The van der Waals surface area contributed by atoms with Crippen LogP contribution in [-0.4, -0.2) is 21.3 Å². The average Bonchev–Trinajstić information content (AvgIpc) is 3.38. The first-order valence-corrected chi connectivity index (χ1v) is 9.20. The van der Waals surface area contributed by atoms with Crippen molar-refractivity contribution in [3.8, 4) is 17.3 Å². The van der Waals surface area contributed by atoms with Crippen LogP contribution in [-0.2, 0) is 13.1 Å². The Morgan fingerprint density at radius 3 is 2.85 bits per heavy atom. The molecule has 1 aliphatic carbocycles. The molecule has 26 heavy (non-hydrogen) atoms. The summed E-state index contributed by atoms with van der Waals surface area (Å²) in [4.78, 5) is 4.43. The summed E-state index contributed by atoms with van der Waals surface area (Å²) in [6.07, 6.45) is 8.70. The first-order chi connectivity index (χ1) is 12.8. The van der Waals surface area contributed by atoms with Gasteiger partial charge in [0.2, 0.25) is 5.88 Å². The Hall–Kier alpha value is -2.60. The Balaban J connectivity index is 1.39. The van der Waals surface area contributed by atoms with Crippen LogP contribution >= 0.6 is 0 Å². The molecule has 0 spiro atoms. The SMILES string of the molecule is Cc1ccc(-c2[nH]ncc2CNCc2cccnc2OC2CCCC2)o1. The van der Waals surface area contributed by atoms with Gasteiger partial charge in [-0.3, -0.25) is 5.10 Å². The Kier molecular flexibility index (Phi) is 5.02. The van der Waals surface area contributed by atoms with Gasteiger partial charge in [-0.1, -0.05) is 6.07 Å². The number of aromatic nitrogens is 3. The van der Waals surface area contributed by atoms with Crippen LogP contribution in [0.3, 0.4) is 0 Å². The lowest BCUT2D eigenvalue weighted by molar-refractivity contribution is 0.199. The molecule has 0 radical (unpaired) electrons. The van der Waals surface area contributed by atoms with Gasteiger partial charge in [0, 0.05) is 30.4 Å². The minimum Gasteiger partial charge on any atom is -0.474 e. The maximum Gasteiger partial charge on any atom is 0.218 e. The number of H-pyrrole nitrogens is 1. The van der Waals surface area contributed by atoms with Gasteiger partial charge >= 0.3 is 0 Å². The molecule has 0 unspecified atom stereocenters. The number of aromatic amines is 1. The van der Waals surface area contributed by atoms with Crippen molar-refractivity contribution < 1.29 is 9.15 Å². The van der Waals surface area contributed by atoms with Crippen LogP contribution in [0, 0.1) is 6.92 Å². The molecule has 0 atom stereocenters. The predicted molar refractivity (Wildman–Crippen MR) is 98.7 cm³/mol. The van der Waals surface area contributed by atoms with Crippen molar-refractivity contribution in [3.05, 3.63) is 53.5 Å². The third-order valence-electron chi connectivity index (χ3n) is 4.77. The van der Waals surface area contributed by atoms with Gasteiger partial charge < -0.3 is 14.5 Å². The third-order valence-corrected chi connectivity index (χ3v) is 4.77. The molecule has 0 bridgehead atoms. The standard InChI is InChI=1S/C20H24N4O2/c1-14-8-9-18(25-14)19-16(13-23-24-19)12-21-11-15-5-4-10-22-20(15)26-17-6-2-3-7-17/h4-5,8-10,13,17,21H,2-3,6-7,11-12H2,1H3,(H,23,24). The maximum atomic E-state index is 6.11. The largest absolute Gasteiger partial charge is 0.474 e. The number of rotatable bonds is 7. The Morgan fingerprint density at radius 2 is 2.04 bits per heavy atom. The highest BCUT2D eigenvalue weighted by Crippen LogP contribution is 2.26. The summed E-state index contributed by atoms with van der Waals surface area (Å²) in [6.45, 7) is 3.31.